The fourth-order valence-corrected chi connectivity index (χ4v) is 8.59. The smallest absolute Gasteiger partial charge is 0.0149 e. The van der Waals surface area contributed by atoms with Crippen molar-refractivity contribution in [3.8, 4) is 0 Å². The lowest BCUT2D eigenvalue weighted by Gasteiger charge is -2.16. The Hall–Kier alpha value is -1.30. The van der Waals surface area contributed by atoms with Crippen LogP contribution in [0.1, 0.15) is 262 Å². The number of benzene rings is 2. The first-order valence-corrected chi connectivity index (χ1v) is 23.8. The Morgan fingerprint density at radius 2 is 0.627 bits per heavy atom. The standard InChI is InChI=1S/C51H90/c1-4-6-8-10-12-14-16-18-20-22-24-26-28-30-32-34-36-38-42-48-46-49-43-40-41-45-51(49)50(47(48)3)44-39-37-35-33-31-29-27-25-23-21-19-17-15-13-11-9-7-5-2/h40-41,43,45-46H,4-39,42,44H2,1-3H3. The van der Waals surface area contributed by atoms with Gasteiger partial charge in [-0.1, -0.05) is 262 Å². The van der Waals surface area contributed by atoms with Gasteiger partial charge in [-0.2, -0.15) is 0 Å². The number of fused-ring (bicyclic) bond motifs is 1. The second-order valence-corrected chi connectivity index (χ2v) is 16.9. The zero-order valence-corrected chi connectivity index (χ0v) is 35.3. The van der Waals surface area contributed by atoms with Crippen LogP contribution >= 0.6 is 0 Å². The van der Waals surface area contributed by atoms with Gasteiger partial charge >= 0.3 is 0 Å². The Bertz CT molecular complexity index is 1020. The Labute approximate surface area is 321 Å². The number of hydrogen-bond acceptors (Lipinski definition) is 0. The number of aryl methyl sites for hydroxylation is 2. The molecule has 294 valence electrons. The van der Waals surface area contributed by atoms with Crippen molar-refractivity contribution >= 4 is 10.8 Å². The van der Waals surface area contributed by atoms with Crippen LogP contribution in [0, 0.1) is 6.92 Å². The van der Waals surface area contributed by atoms with Crippen LogP contribution in [0.2, 0.25) is 0 Å². The molecule has 0 nitrogen and oxygen atoms in total. The first-order valence-electron chi connectivity index (χ1n) is 23.8. The summed E-state index contributed by atoms with van der Waals surface area (Å²) in [7, 11) is 0. The molecule has 2 aromatic carbocycles. The Kier molecular flexibility index (Phi) is 31.0. The summed E-state index contributed by atoms with van der Waals surface area (Å²) in [6.45, 7) is 7.05. The minimum Gasteiger partial charge on any atom is -0.0654 e. The maximum absolute atomic E-state index is 2.53. The van der Waals surface area contributed by atoms with Crippen LogP contribution in [0.4, 0.5) is 0 Å². The number of rotatable bonds is 38. The van der Waals surface area contributed by atoms with Crippen molar-refractivity contribution in [3.05, 3.63) is 47.0 Å². The molecule has 51 heavy (non-hydrogen) atoms. The highest BCUT2D eigenvalue weighted by molar-refractivity contribution is 5.87. The SMILES string of the molecule is CCCCCCCCCCCCCCCCCCCCc1cc2ccccc2c(CCCCCCCCCCCCCCCCCCCC)c1C. The van der Waals surface area contributed by atoms with Crippen LogP contribution < -0.4 is 0 Å². The first kappa shape index (κ1) is 45.9. The molecule has 0 aliphatic carbocycles. The van der Waals surface area contributed by atoms with E-state index in [1.165, 1.54) is 255 Å². The van der Waals surface area contributed by atoms with Crippen molar-refractivity contribution in [3.63, 3.8) is 0 Å². The monoisotopic (exact) mass is 703 g/mol. The third-order valence-corrected chi connectivity index (χ3v) is 12.1. The second-order valence-electron chi connectivity index (χ2n) is 16.9. The molecule has 0 saturated carbocycles. The van der Waals surface area contributed by atoms with Gasteiger partial charge in [-0.25, -0.2) is 0 Å². The van der Waals surface area contributed by atoms with E-state index in [1.807, 2.05) is 0 Å². The summed E-state index contributed by atoms with van der Waals surface area (Å²) in [6, 6.07) is 11.7. The molecule has 0 spiro atoms. The minimum atomic E-state index is 1.26. The van der Waals surface area contributed by atoms with Crippen molar-refractivity contribution in [2.45, 2.75) is 265 Å². The molecule has 0 heterocycles. The highest BCUT2D eigenvalue weighted by Crippen LogP contribution is 2.29. The molecule has 0 unspecified atom stereocenters. The van der Waals surface area contributed by atoms with Crippen molar-refractivity contribution in [2.24, 2.45) is 0 Å². The fraction of sp³-hybridized carbons (Fsp3) is 0.804. The van der Waals surface area contributed by atoms with Crippen LogP contribution in [-0.2, 0) is 12.8 Å². The summed E-state index contributed by atoms with van der Waals surface area (Å²) < 4.78 is 0. The quantitative estimate of drug-likeness (QED) is 0.0611. The normalized spacial score (nSPS) is 11.7. The zero-order valence-electron chi connectivity index (χ0n) is 35.3. The van der Waals surface area contributed by atoms with Crippen molar-refractivity contribution in [2.75, 3.05) is 0 Å². The number of hydrogen-bond donors (Lipinski definition) is 0. The average Bonchev–Trinajstić information content (AvgIpc) is 3.14. The van der Waals surface area contributed by atoms with Gasteiger partial charge in [-0.05, 0) is 60.1 Å². The van der Waals surface area contributed by atoms with Gasteiger partial charge in [0.05, 0.1) is 0 Å². The summed E-state index contributed by atoms with van der Waals surface area (Å²) in [5, 5.41) is 2.99. The molecule has 2 aromatic rings. The van der Waals surface area contributed by atoms with E-state index in [2.05, 4.69) is 51.1 Å². The van der Waals surface area contributed by atoms with Crippen LogP contribution in [0.15, 0.2) is 30.3 Å². The fourth-order valence-electron chi connectivity index (χ4n) is 8.59. The van der Waals surface area contributed by atoms with Gasteiger partial charge in [-0.15, -0.1) is 0 Å². The largest absolute Gasteiger partial charge is 0.0654 e. The second kappa shape index (κ2) is 34.5. The lowest BCUT2D eigenvalue weighted by molar-refractivity contribution is 0.525. The Morgan fingerprint density at radius 3 is 0.980 bits per heavy atom. The predicted molar refractivity (Wildman–Crippen MR) is 234 cm³/mol. The maximum atomic E-state index is 2.53. The lowest BCUT2D eigenvalue weighted by Crippen LogP contribution is -1.99. The van der Waals surface area contributed by atoms with Crippen molar-refractivity contribution in [1.29, 1.82) is 0 Å². The van der Waals surface area contributed by atoms with E-state index in [-0.39, 0.29) is 0 Å². The van der Waals surface area contributed by atoms with E-state index in [0.717, 1.165) is 0 Å². The maximum Gasteiger partial charge on any atom is -0.0149 e. The topological polar surface area (TPSA) is 0 Å². The summed E-state index contributed by atoms with van der Waals surface area (Å²) in [5.41, 5.74) is 4.89. The van der Waals surface area contributed by atoms with E-state index >= 15 is 0 Å². The first-order chi connectivity index (χ1) is 25.3. The Morgan fingerprint density at radius 1 is 0.333 bits per heavy atom. The molecule has 0 aliphatic heterocycles. The molecular formula is C51H90. The third kappa shape index (κ3) is 24.6. The van der Waals surface area contributed by atoms with Crippen LogP contribution in [0.5, 0.6) is 0 Å². The minimum absolute atomic E-state index is 1.26. The molecule has 0 aliphatic rings. The average molecular weight is 703 g/mol. The molecule has 2 rings (SSSR count). The summed E-state index contributed by atoms with van der Waals surface area (Å²) >= 11 is 0. The molecule has 0 saturated heterocycles. The van der Waals surface area contributed by atoms with Crippen molar-refractivity contribution in [1.82, 2.24) is 0 Å². The summed E-state index contributed by atoms with van der Waals surface area (Å²) in [6.07, 6.45) is 54.7. The van der Waals surface area contributed by atoms with Gasteiger partial charge in [0.25, 0.3) is 0 Å². The van der Waals surface area contributed by atoms with Gasteiger partial charge in [0.2, 0.25) is 0 Å². The van der Waals surface area contributed by atoms with E-state index in [9.17, 15) is 0 Å². The molecule has 0 N–H and O–H groups in total. The third-order valence-electron chi connectivity index (χ3n) is 12.1. The molecule has 0 atom stereocenters. The van der Waals surface area contributed by atoms with Crippen molar-refractivity contribution < 1.29 is 0 Å². The van der Waals surface area contributed by atoms with Gasteiger partial charge < -0.3 is 0 Å². The van der Waals surface area contributed by atoms with E-state index < -0.39 is 0 Å². The molecule has 0 aromatic heterocycles. The molecule has 0 bridgehead atoms. The van der Waals surface area contributed by atoms with E-state index in [0.29, 0.717) is 0 Å². The lowest BCUT2D eigenvalue weighted by atomic mass is 9.89. The Balaban J connectivity index is 1.48. The summed E-state index contributed by atoms with van der Waals surface area (Å²) in [5.74, 6) is 0. The highest BCUT2D eigenvalue weighted by Gasteiger charge is 2.10. The number of unbranched alkanes of at least 4 members (excludes halogenated alkanes) is 34. The molecule has 0 amide bonds. The van der Waals surface area contributed by atoms with Crippen LogP contribution in [0.25, 0.3) is 10.8 Å². The predicted octanol–water partition coefficient (Wildman–Crippen LogP) is 18.3. The van der Waals surface area contributed by atoms with Crippen LogP contribution in [-0.4, -0.2) is 0 Å². The molecule has 0 heteroatoms. The van der Waals surface area contributed by atoms with Gasteiger partial charge in [0.1, 0.15) is 0 Å². The van der Waals surface area contributed by atoms with E-state index in [1.54, 1.807) is 16.7 Å². The van der Waals surface area contributed by atoms with Gasteiger partial charge in [-0.3, -0.25) is 0 Å². The zero-order chi connectivity index (χ0) is 36.3. The van der Waals surface area contributed by atoms with Gasteiger partial charge in [0, 0.05) is 0 Å². The summed E-state index contributed by atoms with van der Waals surface area (Å²) in [4.78, 5) is 0. The molecular weight excluding hydrogens is 613 g/mol. The van der Waals surface area contributed by atoms with Crippen LogP contribution in [0.3, 0.4) is 0 Å². The van der Waals surface area contributed by atoms with E-state index in [4.69, 9.17) is 0 Å². The van der Waals surface area contributed by atoms with Gasteiger partial charge in [0.15, 0.2) is 0 Å². The molecule has 0 radical (unpaired) electrons. The molecule has 0 fully saturated rings. The highest BCUT2D eigenvalue weighted by atomic mass is 14.2.